The van der Waals surface area contributed by atoms with Crippen LogP contribution in [0.25, 0.3) is 0 Å². The van der Waals surface area contributed by atoms with Gasteiger partial charge in [0.15, 0.2) is 5.78 Å². The Morgan fingerprint density at radius 1 is 1.25 bits per heavy atom. The molecule has 0 aromatic carbocycles. The maximum atomic E-state index is 12.3. The second kappa shape index (κ2) is 4.19. The number of likely N-dealkylation sites (tertiary alicyclic amines) is 1. The normalized spacial score (nSPS) is 26.1. The van der Waals surface area contributed by atoms with E-state index in [-0.39, 0.29) is 17.6 Å². The molecule has 1 heterocycles. The van der Waals surface area contributed by atoms with Gasteiger partial charge in [-0.25, -0.2) is 0 Å². The van der Waals surface area contributed by atoms with Crippen LogP contribution in [0.3, 0.4) is 0 Å². The molecule has 0 unspecified atom stereocenters. The highest BCUT2D eigenvalue weighted by Crippen LogP contribution is 2.31. The molecule has 1 aliphatic heterocycles. The number of rotatable bonds is 1. The van der Waals surface area contributed by atoms with Crippen molar-refractivity contribution in [3.05, 3.63) is 0 Å². The molecule has 2 fully saturated rings. The van der Waals surface area contributed by atoms with E-state index >= 15 is 0 Å². The Labute approximate surface area is 97.2 Å². The Kier molecular flexibility index (Phi) is 3.04. The third kappa shape index (κ3) is 1.87. The molecule has 2 rings (SSSR count). The van der Waals surface area contributed by atoms with Gasteiger partial charge in [0.05, 0.1) is 5.54 Å². The molecular formula is C13H21NO2. The minimum Gasteiger partial charge on any atom is -0.330 e. The van der Waals surface area contributed by atoms with Crippen molar-refractivity contribution < 1.29 is 9.59 Å². The summed E-state index contributed by atoms with van der Waals surface area (Å²) < 4.78 is 0. The first kappa shape index (κ1) is 11.6. The predicted molar refractivity (Wildman–Crippen MR) is 62.0 cm³/mol. The monoisotopic (exact) mass is 223 g/mol. The second-order valence-corrected chi connectivity index (χ2v) is 5.56. The zero-order valence-corrected chi connectivity index (χ0v) is 10.3. The van der Waals surface area contributed by atoms with Crippen molar-refractivity contribution in [2.45, 2.75) is 57.9 Å². The summed E-state index contributed by atoms with van der Waals surface area (Å²) in [5, 5.41) is 0. The molecule has 0 N–H and O–H groups in total. The fourth-order valence-electron chi connectivity index (χ4n) is 2.91. The Balaban J connectivity index is 2.12. The molecule has 3 nitrogen and oxygen atoms in total. The van der Waals surface area contributed by atoms with Crippen LogP contribution < -0.4 is 0 Å². The minimum absolute atomic E-state index is 0.185. The molecule has 0 radical (unpaired) electrons. The standard InChI is InChI=1S/C13H21NO2/c1-13(2)11(15)8-5-9-14(13)12(16)10-6-3-4-7-10/h10H,3-9H2,1-2H3. The van der Waals surface area contributed by atoms with E-state index < -0.39 is 5.54 Å². The van der Waals surface area contributed by atoms with E-state index in [9.17, 15) is 9.59 Å². The molecule has 1 amide bonds. The molecule has 2 aliphatic rings. The van der Waals surface area contributed by atoms with Gasteiger partial charge >= 0.3 is 0 Å². The Bertz CT molecular complexity index is 303. The summed E-state index contributed by atoms with van der Waals surface area (Å²) in [6, 6.07) is 0. The molecule has 16 heavy (non-hydrogen) atoms. The van der Waals surface area contributed by atoms with Gasteiger partial charge in [0.1, 0.15) is 0 Å². The number of piperidine rings is 1. The van der Waals surface area contributed by atoms with Gasteiger partial charge in [0.25, 0.3) is 0 Å². The maximum Gasteiger partial charge on any atom is 0.226 e. The first-order chi connectivity index (χ1) is 7.53. The molecule has 0 aromatic heterocycles. The number of hydrogen-bond acceptors (Lipinski definition) is 2. The third-order valence-corrected chi connectivity index (χ3v) is 4.11. The summed E-state index contributed by atoms with van der Waals surface area (Å²) in [7, 11) is 0. The van der Waals surface area contributed by atoms with E-state index in [1.54, 1.807) is 0 Å². The van der Waals surface area contributed by atoms with Crippen LogP contribution in [0.5, 0.6) is 0 Å². The first-order valence-electron chi connectivity index (χ1n) is 6.38. The van der Waals surface area contributed by atoms with Crippen LogP contribution in [-0.2, 0) is 9.59 Å². The van der Waals surface area contributed by atoms with E-state index in [0.29, 0.717) is 6.42 Å². The van der Waals surface area contributed by atoms with Gasteiger partial charge < -0.3 is 4.90 Å². The summed E-state index contributed by atoms with van der Waals surface area (Å²) in [5.74, 6) is 0.617. The molecule has 0 aromatic rings. The number of ketones is 1. The van der Waals surface area contributed by atoms with E-state index in [1.807, 2.05) is 18.7 Å². The molecule has 3 heteroatoms. The summed E-state index contributed by atoms with van der Waals surface area (Å²) >= 11 is 0. The fourth-order valence-corrected chi connectivity index (χ4v) is 2.91. The number of nitrogens with zero attached hydrogens (tertiary/aromatic N) is 1. The van der Waals surface area contributed by atoms with E-state index in [1.165, 1.54) is 12.8 Å². The SMILES string of the molecule is CC1(C)C(=O)CCCN1C(=O)C1CCCC1. The van der Waals surface area contributed by atoms with Crippen LogP contribution in [0.15, 0.2) is 0 Å². The summed E-state index contributed by atoms with van der Waals surface area (Å²) in [5.41, 5.74) is -0.572. The minimum atomic E-state index is -0.572. The zero-order valence-electron chi connectivity index (χ0n) is 10.3. The topological polar surface area (TPSA) is 37.4 Å². The highest BCUT2D eigenvalue weighted by molar-refractivity contribution is 5.93. The fraction of sp³-hybridized carbons (Fsp3) is 0.846. The van der Waals surface area contributed by atoms with Gasteiger partial charge in [-0.2, -0.15) is 0 Å². The van der Waals surface area contributed by atoms with Crippen LogP contribution in [0.2, 0.25) is 0 Å². The third-order valence-electron chi connectivity index (χ3n) is 4.11. The van der Waals surface area contributed by atoms with Gasteiger partial charge in [-0.1, -0.05) is 12.8 Å². The molecule has 90 valence electrons. The maximum absolute atomic E-state index is 12.3. The Morgan fingerprint density at radius 3 is 2.50 bits per heavy atom. The van der Waals surface area contributed by atoms with E-state index in [2.05, 4.69) is 0 Å². The van der Waals surface area contributed by atoms with Crippen LogP contribution in [0.4, 0.5) is 0 Å². The highest BCUT2D eigenvalue weighted by Gasteiger charge is 2.42. The number of carbonyl (C=O) groups is 2. The number of amides is 1. The summed E-state index contributed by atoms with van der Waals surface area (Å²) in [6.45, 7) is 4.54. The lowest BCUT2D eigenvalue weighted by molar-refractivity contribution is -0.151. The van der Waals surface area contributed by atoms with Crippen molar-refractivity contribution in [2.24, 2.45) is 5.92 Å². The van der Waals surface area contributed by atoms with Gasteiger partial charge in [-0.05, 0) is 33.1 Å². The summed E-state index contributed by atoms with van der Waals surface area (Å²) in [6.07, 6.45) is 5.82. The van der Waals surface area contributed by atoms with Crippen molar-refractivity contribution in [1.82, 2.24) is 4.90 Å². The predicted octanol–water partition coefficient (Wildman–Crippen LogP) is 2.15. The number of hydrogen-bond donors (Lipinski definition) is 0. The lowest BCUT2D eigenvalue weighted by atomic mass is 9.87. The van der Waals surface area contributed by atoms with Crippen molar-refractivity contribution >= 4 is 11.7 Å². The molecular weight excluding hydrogens is 202 g/mol. The molecule has 1 saturated heterocycles. The van der Waals surface area contributed by atoms with Crippen molar-refractivity contribution in [3.63, 3.8) is 0 Å². The Hall–Kier alpha value is -0.860. The molecule has 0 bridgehead atoms. The number of Topliss-reactive ketones (excluding diaryl/α,β-unsaturated/α-hetero) is 1. The highest BCUT2D eigenvalue weighted by atomic mass is 16.2. The molecule has 0 spiro atoms. The van der Waals surface area contributed by atoms with Gasteiger partial charge in [0.2, 0.25) is 5.91 Å². The van der Waals surface area contributed by atoms with Crippen molar-refractivity contribution in [2.75, 3.05) is 6.54 Å². The lowest BCUT2D eigenvalue weighted by Gasteiger charge is -2.42. The quantitative estimate of drug-likeness (QED) is 0.683. The average molecular weight is 223 g/mol. The van der Waals surface area contributed by atoms with E-state index in [4.69, 9.17) is 0 Å². The van der Waals surface area contributed by atoms with E-state index in [0.717, 1.165) is 25.8 Å². The number of carbonyl (C=O) groups excluding carboxylic acids is 2. The molecule has 1 aliphatic carbocycles. The Morgan fingerprint density at radius 2 is 1.88 bits per heavy atom. The second-order valence-electron chi connectivity index (χ2n) is 5.56. The van der Waals surface area contributed by atoms with Crippen molar-refractivity contribution in [3.8, 4) is 0 Å². The first-order valence-corrected chi connectivity index (χ1v) is 6.38. The van der Waals surface area contributed by atoms with Gasteiger partial charge in [0, 0.05) is 18.9 Å². The molecule has 1 saturated carbocycles. The molecule has 0 atom stereocenters. The van der Waals surface area contributed by atoms with Crippen LogP contribution >= 0.6 is 0 Å². The average Bonchev–Trinajstić information content (AvgIpc) is 2.74. The van der Waals surface area contributed by atoms with Gasteiger partial charge in [-0.15, -0.1) is 0 Å². The largest absolute Gasteiger partial charge is 0.330 e. The van der Waals surface area contributed by atoms with Crippen LogP contribution in [0, 0.1) is 5.92 Å². The lowest BCUT2D eigenvalue weighted by Crippen LogP contribution is -2.57. The summed E-state index contributed by atoms with van der Waals surface area (Å²) in [4.78, 5) is 26.0. The zero-order chi connectivity index (χ0) is 11.8. The van der Waals surface area contributed by atoms with Crippen LogP contribution in [-0.4, -0.2) is 28.7 Å². The van der Waals surface area contributed by atoms with Gasteiger partial charge in [-0.3, -0.25) is 9.59 Å². The van der Waals surface area contributed by atoms with Crippen molar-refractivity contribution in [1.29, 1.82) is 0 Å². The smallest absolute Gasteiger partial charge is 0.226 e. The van der Waals surface area contributed by atoms with Crippen LogP contribution in [0.1, 0.15) is 52.4 Å².